The maximum Gasteiger partial charge on any atom is 0.394 e. The highest BCUT2D eigenvalue weighted by Crippen LogP contribution is 2.27. The number of rotatable bonds is 2. The minimum absolute atomic E-state index is 0.101. The van der Waals surface area contributed by atoms with E-state index in [1.807, 2.05) is 0 Å². The molecule has 10 heteroatoms. The minimum atomic E-state index is -4.67. The molecule has 6 nitrogen and oxygen atoms in total. The molecule has 2 aromatic rings. The average Bonchev–Trinajstić information content (AvgIpc) is 2.37. The molecule has 0 saturated heterocycles. The molecule has 0 aliphatic heterocycles. The first kappa shape index (κ1) is 18.9. The van der Waals surface area contributed by atoms with Crippen LogP contribution in [0.25, 0.3) is 0 Å². The minimum Gasteiger partial charge on any atom is -0.264 e. The maximum atomic E-state index is 12.2. The average molecular weight is 385 g/mol. The van der Waals surface area contributed by atoms with E-state index < -0.39 is 20.2 Å². The second kappa shape index (κ2) is 7.40. The molecule has 22 heavy (non-hydrogen) atoms. The van der Waals surface area contributed by atoms with Gasteiger partial charge in [0.2, 0.25) is 9.84 Å². The number of sulfone groups is 1. The summed E-state index contributed by atoms with van der Waals surface area (Å²) >= 11 is 11.6. The van der Waals surface area contributed by atoms with E-state index in [-0.39, 0.29) is 14.8 Å². The van der Waals surface area contributed by atoms with E-state index in [0.717, 1.165) is 0 Å². The molecule has 0 saturated carbocycles. The molecule has 0 bridgehead atoms. The monoisotopic (exact) mass is 384 g/mol. The van der Waals surface area contributed by atoms with Crippen LogP contribution in [0.5, 0.6) is 0 Å². The Balaban J connectivity index is 0.000000422. The van der Waals surface area contributed by atoms with Crippen LogP contribution in [-0.4, -0.2) is 25.9 Å². The van der Waals surface area contributed by atoms with Gasteiger partial charge in [0.05, 0.1) is 14.8 Å². The summed E-state index contributed by atoms with van der Waals surface area (Å²) in [6.45, 7) is 0. The predicted octanol–water partition coefficient (Wildman–Crippen LogP) is 3.17. The van der Waals surface area contributed by atoms with Gasteiger partial charge in [0.25, 0.3) is 0 Å². The van der Waals surface area contributed by atoms with Gasteiger partial charge in [0.1, 0.15) is 0 Å². The van der Waals surface area contributed by atoms with E-state index in [1.54, 1.807) is 18.2 Å². The molecule has 0 unspecified atom stereocenters. The van der Waals surface area contributed by atoms with Gasteiger partial charge in [-0.25, -0.2) is 8.42 Å². The normalized spacial score (nSPS) is 11.5. The number of hydrogen-bond acceptors (Lipinski definition) is 4. The third-order valence-corrected chi connectivity index (χ3v) is 4.77. The van der Waals surface area contributed by atoms with Gasteiger partial charge in [-0.15, -0.1) is 0 Å². The van der Waals surface area contributed by atoms with Crippen LogP contribution in [0.2, 0.25) is 10.0 Å². The molecule has 0 aliphatic carbocycles. The smallest absolute Gasteiger partial charge is 0.264 e. The Kier molecular flexibility index (Phi) is 6.36. The molecule has 120 valence electrons. The van der Waals surface area contributed by atoms with E-state index in [0.29, 0.717) is 5.02 Å². The molecule has 2 rings (SSSR count). The molecule has 0 spiro atoms. The van der Waals surface area contributed by atoms with Gasteiger partial charge in [-0.05, 0) is 36.4 Å². The fourth-order valence-corrected chi connectivity index (χ4v) is 3.30. The van der Waals surface area contributed by atoms with Crippen molar-refractivity contribution in [2.45, 2.75) is 9.79 Å². The van der Waals surface area contributed by atoms with E-state index in [4.69, 9.17) is 40.7 Å². The second-order valence-electron chi connectivity index (χ2n) is 3.84. The lowest BCUT2D eigenvalue weighted by Crippen LogP contribution is -2.02. The van der Waals surface area contributed by atoms with Crippen molar-refractivity contribution < 1.29 is 25.9 Å². The standard InChI is InChI=1S/C12H8Cl2O2S.H2O4S/c13-9-5-7-10(8-6-9)17(15,16)12-4-2-1-3-11(12)14;1-5(2,3)4/h1-8H;(H2,1,2,3,4). The van der Waals surface area contributed by atoms with Crippen LogP contribution in [0.4, 0.5) is 0 Å². The summed E-state index contributed by atoms with van der Waals surface area (Å²) in [5.41, 5.74) is 0. The predicted molar refractivity (Wildman–Crippen MR) is 82.5 cm³/mol. The Morgan fingerprint density at radius 2 is 1.23 bits per heavy atom. The highest BCUT2D eigenvalue weighted by Gasteiger charge is 2.19. The van der Waals surface area contributed by atoms with Crippen LogP contribution in [0.3, 0.4) is 0 Å². The summed E-state index contributed by atoms with van der Waals surface area (Å²) in [7, 11) is -8.24. The zero-order valence-corrected chi connectivity index (χ0v) is 13.9. The van der Waals surface area contributed by atoms with Crippen molar-refractivity contribution in [1.82, 2.24) is 0 Å². The van der Waals surface area contributed by atoms with Gasteiger partial charge in [-0.1, -0.05) is 35.3 Å². The maximum absolute atomic E-state index is 12.2. The van der Waals surface area contributed by atoms with Gasteiger partial charge in [-0.2, -0.15) is 8.42 Å². The molecule has 0 radical (unpaired) electrons. The van der Waals surface area contributed by atoms with Crippen LogP contribution < -0.4 is 0 Å². The lowest BCUT2D eigenvalue weighted by Gasteiger charge is -2.06. The molecule has 2 N–H and O–H groups in total. The number of halogens is 2. The third kappa shape index (κ3) is 5.91. The van der Waals surface area contributed by atoms with Crippen molar-refractivity contribution in [3.63, 3.8) is 0 Å². The molecule has 0 heterocycles. The molecule has 0 atom stereocenters. The topological polar surface area (TPSA) is 109 Å². The Hall–Kier alpha value is -1.16. The van der Waals surface area contributed by atoms with Crippen LogP contribution in [0.1, 0.15) is 0 Å². The molecule has 0 aromatic heterocycles. The van der Waals surface area contributed by atoms with Gasteiger partial charge in [0.15, 0.2) is 0 Å². The Labute approximate surface area is 137 Å². The first-order chi connectivity index (χ1) is 10.0. The van der Waals surface area contributed by atoms with Gasteiger partial charge in [0, 0.05) is 5.02 Å². The lowest BCUT2D eigenvalue weighted by molar-refractivity contribution is 0.381. The van der Waals surface area contributed by atoms with E-state index in [9.17, 15) is 8.42 Å². The summed E-state index contributed by atoms with van der Waals surface area (Å²) in [6.07, 6.45) is 0. The highest BCUT2D eigenvalue weighted by atomic mass is 35.5. The van der Waals surface area contributed by atoms with Crippen molar-refractivity contribution in [3.05, 3.63) is 58.6 Å². The van der Waals surface area contributed by atoms with Crippen molar-refractivity contribution in [2.75, 3.05) is 0 Å². The van der Waals surface area contributed by atoms with Crippen LogP contribution in [0, 0.1) is 0 Å². The van der Waals surface area contributed by atoms with Crippen molar-refractivity contribution in [1.29, 1.82) is 0 Å². The van der Waals surface area contributed by atoms with E-state index in [2.05, 4.69) is 0 Å². The third-order valence-electron chi connectivity index (χ3n) is 2.25. The van der Waals surface area contributed by atoms with E-state index in [1.165, 1.54) is 30.3 Å². The van der Waals surface area contributed by atoms with Gasteiger partial charge >= 0.3 is 10.4 Å². The second-order valence-corrected chi connectivity index (χ2v) is 7.49. The molecular formula is C12H10Cl2O6S2. The number of hydrogen-bond donors (Lipinski definition) is 2. The first-order valence-electron chi connectivity index (χ1n) is 5.47. The Morgan fingerprint density at radius 1 is 0.773 bits per heavy atom. The summed E-state index contributed by atoms with van der Waals surface area (Å²) in [5, 5.41) is 0.700. The van der Waals surface area contributed by atoms with Crippen LogP contribution >= 0.6 is 23.2 Å². The van der Waals surface area contributed by atoms with Gasteiger partial charge in [-0.3, -0.25) is 9.11 Å². The van der Waals surface area contributed by atoms with Gasteiger partial charge < -0.3 is 0 Å². The summed E-state index contributed by atoms with van der Waals surface area (Å²) in [4.78, 5) is 0.277. The first-order valence-corrected chi connectivity index (χ1v) is 9.10. The van der Waals surface area contributed by atoms with Crippen molar-refractivity contribution in [2.24, 2.45) is 0 Å². The Morgan fingerprint density at radius 3 is 1.68 bits per heavy atom. The van der Waals surface area contributed by atoms with E-state index >= 15 is 0 Å². The summed E-state index contributed by atoms with van der Waals surface area (Å²) in [5.74, 6) is 0. The SMILES string of the molecule is O=S(=O)(O)O.O=S(=O)(c1ccc(Cl)cc1)c1ccccc1Cl. The zero-order valence-electron chi connectivity index (χ0n) is 10.7. The summed E-state index contributed by atoms with van der Waals surface area (Å²) in [6, 6.07) is 12.3. The molecular weight excluding hydrogens is 375 g/mol. The molecule has 0 aliphatic rings. The fraction of sp³-hybridized carbons (Fsp3) is 0. The van der Waals surface area contributed by atoms with Crippen molar-refractivity contribution >= 4 is 43.4 Å². The highest BCUT2D eigenvalue weighted by molar-refractivity contribution is 7.91. The lowest BCUT2D eigenvalue weighted by atomic mass is 10.4. The fourth-order valence-electron chi connectivity index (χ4n) is 1.40. The Bertz CT molecular complexity index is 837. The molecule has 0 fully saturated rings. The zero-order chi connectivity index (χ0) is 17.0. The van der Waals surface area contributed by atoms with Crippen LogP contribution in [-0.2, 0) is 20.2 Å². The summed E-state index contributed by atoms with van der Waals surface area (Å²) < 4.78 is 56.1. The largest absolute Gasteiger partial charge is 0.394 e. The molecule has 0 amide bonds. The quantitative estimate of drug-likeness (QED) is 0.769. The van der Waals surface area contributed by atoms with Crippen LogP contribution in [0.15, 0.2) is 58.3 Å². The number of benzene rings is 2. The molecule has 2 aromatic carbocycles. The van der Waals surface area contributed by atoms with Crippen molar-refractivity contribution in [3.8, 4) is 0 Å².